The van der Waals surface area contributed by atoms with Gasteiger partial charge in [-0.2, -0.15) is 0 Å². The average molecular weight is 601 g/mol. The Kier molecular flexibility index (Phi) is 8.35. The molecule has 1 fully saturated rings. The summed E-state index contributed by atoms with van der Waals surface area (Å²) in [7, 11) is 1.58. The van der Waals surface area contributed by atoms with Crippen molar-refractivity contribution in [2.45, 2.75) is 13.5 Å². The fourth-order valence-corrected chi connectivity index (χ4v) is 5.14. The van der Waals surface area contributed by atoms with Crippen LogP contribution in [-0.4, -0.2) is 36.3 Å². The third-order valence-corrected chi connectivity index (χ3v) is 6.93. The van der Waals surface area contributed by atoms with Gasteiger partial charge in [-0.1, -0.05) is 42.5 Å². The number of carbonyl (C=O) groups excluding carboxylic acids is 2. The Morgan fingerprint density at radius 1 is 1.00 bits per heavy atom. The number of carbonyl (C=O) groups is 2. The molecule has 35 heavy (non-hydrogen) atoms. The zero-order valence-electron chi connectivity index (χ0n) is 19.3. The average Bonchev–Trinajstić information content (AvgIpc) is 3.11. The normalized spacial score (nSPS) is 14.5. The number of hydrogen-bond donors (Lipinski definition) is 0. The van der Waals surface area contributed by atoms with Gasteiger partial charge in [0.1, 0.15) is 19.0 Å². The van der Waals surface area contributed by atoms with Crippen LogP contribution in [0.3, 0.4) is 0 Å². The van der Waals surface area contributed by atoms with E-state index in [1.165, 1.54) is 4.90 Å². The van der Waals surface area contributed by atoms with Gasteiger partial charge in [-0.15, -0.1) is 0 Å². The summed E-state index contributed by atoms with van der Waals surface area (Å²) in [5.41, 5.74) is 2.88. The molecule has 0 atom stereocenters. The SMILES string of the molecule is COc1cc(/C=C2\SC(=O)N(CCOc3cccc(C)c3)C2=O)cc(I)c1OCc1ccccc1. The number of halogens is 1. The molecule has 6 nitrogen and oxygen atoms in total. The van der Waals surface area contributed by atoms with Crippen LogP contribution in [0.4, 0.5) is 4.79 Å². The molecule has 2 amide bonds. The zero-order valence-corrected chi connectivity index (χ0v) is 22.3. The van der Waals surface area contributed by atoms with Crippen molar-refractivity contribution in [1.29, 1.82) is 0 Å². The van der Waals surface area contributed by atoms with E-state index >= 15 is 0 Å². The van der Waals surface area contributed by atoms with Gasteiger partial charge in [0, 0.05) is 0 Å². The quantitative estimate of drug-likeness (QED) is 0.212. The van der Waals surface area contributed by atoms with E-state index in [1.807, 2.05) is 67.6 Å². The standard InChI is InChI=1S/C27H24INO5S/c1-18-7-6-10-21(13-18)33-12-11-29-26(30)24(35-27(29)31)16-20-14-22(28)25(23(15-20)32-2)34-17-19-8-4-3-5-9-19/h3-10,13-16H,11-12,17H2,1-2H3/b24-16-. The van der Waals surface area contributed by atoms with Gasteiger partial charge in [-0.05, 0) is 88.3 Å². The molecule has 0 bridgehead atoms. The second kappa shape index (κ2) is 11.6. The van der Waals surface area contributed by atoms with Crippen molar-refractivity contribution in [2.24, 2.45) is 0 Å². The number of amides is 2. The van der Waals surface area contributed by atoms with Gasteiger partial charge in [0.2, 0.25) is 0 Å². The third-order valence-electron chi connectivity index (χ3n) is 5.22. The van der Waals surface area contributed by atoms with Gasteiger partial charge in [0.25, 0.3) is 11.1 Å². The number of hydrogen-bond acceptors (Lipinski definition) is 6. The fourth-order valence-electron chi connectivity index (χ4n) is 3.50. The Morgan fingerprint density at radius 2 is 1.80 bits per heavy atom. The van der Waals surface area contributed by atoms with Gasteiger partial charge in [0.05, 0.1) is 22.1 Å². The lowest BCUT2D eigenvalue weighted by atomic mass is 10.1. The van der Waals surface area contributed by atoms with E-state index in [9.17, 15) is 9.59 Å². The molecule has 0 spiro atoms. The molecule has 3 aromatic rings. The molecule has 1 saturated heterocycles. The summed E-state index contributed by atoms with van der Waals surface area (Å²) in [6.45, 7) is 2.80. The van der Waals surface area contributed by atoms with Crippen LogP contribution in [0.1, 0.15) is 16.7 Å². The molecule has 0 aliphatic carbocycles. The second-order valence-electron chi connectivity index (χ2n) is 7.81. The van der Waals surface area contributed by atoms with E-state index in [1.54, 1.807) is 19.3 Å². The predicted molar refractivity (Wildman–Crippen MR) is 146 cm³/mol. The van der Waals surface area contributed by atoms with Crippen LogP contribution in [0, 0.1) is 10.5 Å². The Morgan fingerprint density at radius 3 is 2.54 bits per heavy atom. The van der Waals surface area contributed by atoms with E-state index in [4.69, 9.17) is 14.2 Å². The van der Waals surface area contributed by atoms with Crippen LogP contribution < -0.4 is 14.2 Å². The molecular weight excluding hydrogens is 577 g/mol. The largest absolute Gasteiger partial charge is 0.493 e. The van der Waals surface area contributed by atoms with Crippen molar-refractivity contribution in [1.82, 2.24) is 4.90 Å². The molecule has 0 N–H and O–H groups in total. The second-order valence-corrected chi connectivity index (χ2v) is 9.96. The van der Waals surface area contributed by atoms with Gasteiger partial charge in [-0.25, -0.2) is 0 Å². The van der Waals surface area contributed by atoms with Crippen molar-refractivity contribution >= 4 is 51.6 Å². The van der Waals surface area contributed by atoms with Crippen molar-refractivity contribution in [3.8, 4) is 17.2 Å². The molecule has 1 aliphatic heterocycles. The Hall–Kier alpha value is -2.98. The Labute approximate surface area is 222 Å². The maximum Gasteiger partial charge on any atom is 0.293 e. The smallest absolute Gasteiger partial charge is 0.293 e. The highest BCUT2D eigenvalue weighted by Crippen LogP contribution is 2.37. The van der Waals surface area contributed by atoms with Gasteiger partial charge in [-0.3, -0.25) is 14.5 Å². The van der Waals surface area contributed by atoms with Gasteiger partial charge < -0.3 is 14.2 Å². The molecule has 1 heterocycles. The van der Waals surface area contributed by atoms with E-state index < -0.39 is 0 Å². The minimum atomic E-state index is -0.328. The lowest BCUT2D eigenvalue weighted by molar-refractivity contribution is -0.123. The highest BCUT2D eigenvalue weighted by atomic mass is 127. The summed E-state index contributed by atoms with van der Waals surface area (Å²) in [5, 5.41) is -0.307. The Balaban J connectivity index is 1.44. The molecule has 0 aromatic heterocycles. The molecule has 4 rings (SSSR count). The minimum Gasteiger partial charge on any atom is -0.493 e. The number of imide groups is 1. The third kappa shape index (κ3) is 6.37. The lowest BCUT2D eigenvalue weighted by Crippen LogP contribution is -2.32. The minimum absolute atomic E-state index is 0.184. The number of aryl methyl sites for hydroxylation is 1. The molecule has 3 aromatic carbocycles. The molecule has 0 unspecified atom stereocenters. The molecule has 1 aliphatic rings. The monoisotopic (exact) mass is 601 g/mol. The number of nitrogens with zero attached hydrogens (tertiary/aromatic N) is 1. The highest BCUT2D eigenvalue weighted by Gasteiger charge is 2.35. The van der Waals surface area contributed by atoms with Crippen molar-refractivity contribution in [3.63, 3.8) is 0 Å². The summed E-state index contributed by atoms with van der Waals surface area (Å²) in [6.07, 6.45) is 1.71. The molecular formula is C27H24INO5S. The summed E-state index contributed by atoms with van der Waals surface area (Å²) in [4.78, 5) is 26.9. The summed E-state index contributed by atoms with van der Waals surface area (Å²) in [6, 6.07) is 21.2. The number of benzene rings is 3. The van der Waals surface area contributed by atoms with Crippen LogP contribution in [0.15, 0.2) is 71.6 Å². The number of thioether (sulfide) groups is 1. The topological polar surface area (TPSA) is 65.1 Å². The highest BCUT2D eigenvalue weighted by molar-refractivity contribution is 14.1. The van der Waals surface area contributed by atoms with Crippen LogP contribution in [0.2, 0.25) is 0 Å². The number of methoxy groups -OCH3 is 1. The van der Waals surface area contributed by atoms with Gasteiger partial charge >= 0.3 is 0 Å². The molecule has 180 valence electrons. The van der Waals surface area contributed by atoms with Crippen LogP contribution in [0.25, 0.3) is 6.08 Å². The van der Waals surface area contributed by atoms with Crippen molar-refractivity contribution in [3.05, 3.63) is 91.9 Å². The maximum absolute atomic E-state index is 12.9. The van der Waals surface area contributed by atoms with Crippen LogP contribution in [-0.2, 0) is 11.4 Å². The van der Waals surface area contributed by atoms with Crippen LogP contribution in [0.5, 0.6) is 17.2 Å². The molecule has 8 heteroatoms. The fraction of sp³-hybridized carbons (Fsp3) is 0.185. The lowest BCUT2D eigenvalue weighted by Gasteiger charge is -2.14. The predicted octanol–water partition coefficient (Wildman–Crippen LogP) is 6.30. The van der Waals surface area contributed by atoms with E-state index in [0.717, 1.165) is 32.0 Å². The first-order chi connectivity index (χ1) is 16.9. The first-order valence-corrected chi connectivity index (χ1v) is 12.8. The van der Waals surface area contributed by atoms with Crippen LogP contribution >= 0.6 is 34.4 Å². The summed E-state index contributed by atoms with van der Waals surface area (Å²) >= 11 is 3.11. The van der Waals surface area contributed by atoms with Crippen molar-refractivity contribution < 1.29 is 23.8 Å². The van der Waals surface area contributed by atoms with E-state index in [0.29, 0.717) is 28.8 Å². The van der Waals surface area contributed by atoms with Gasteiger partial charge in [0.15, 0.2) is 11.5 Å². The number of rotatable bonds is 9. The molecule has 0 saturated carbocycles. The zero-order chi connectivity index (χ0) is 24.8. The van der Waals surface area contributed by atoms with Crippen molar-refractivity contribution in [2.75, 3.05) is 20.3 Å². The first-order valence-electron chi connectivity index (χ1n) is 10.9. The molecule has 0 radical (unpaired) electrons. The Bertz CT molecular complexity index is 1260. The number of ether oxygens (including phenoxy) is 3. The van der Waals surface area contributed by atoms with E-state index in [2.05, 4.69) is 22.6 Å². The summed E-state index contributed by atoms with van der Waals surface area (Å²) in [5.74, 6) is 1.58. The summed E-state index contributed by atoms with van der Waals surface area (Å²) < 4.78 is 18.1. The first kappa shape index (κ1) is 25.1. The maximum atomic E-state index is 12.9. The van der Waals surface area contributed by atoms with E-state index in [-0.39, 0.29) is 24.3 Å².